The van der Waals surface area contributed by atoms with Crippen molar-refractivity contribution >= 4 is 11.6 Å². The second kappa shape index (κ2) is 4.60. The fourth-order valence-corrected chi connectivity index (χ4v) is 4.52. The Balaban J connectivity index is 1.94. The molecule has 2 aliphatic rings. The summed E-state index contributed by atoms with van der Waals surface area (Å²) in [5, 5.41) is 0. The Bertz CT molecular complexity index is 971. The van der Waals surface area contributed by atoms with Crippen LogP contribution in [0.25, 0.3) is 0 Å². The molecule has 3 heteroatoms. The summed E-state index contributed by atoms with van der Waals surface area (Å²) in [5.74, 6) is 0.106. The van der Waals surface area contributed by atoms with Crippen LogP contribution in [0.15, 0.2) is 66.9 Å². The molecular formula is C21H18N2O. The lowest BCUT2D eigenvalue weighted by atomic mass is 9.83. The molecule has 2 aliphatic heterocycles. The van der Waals surface area contributed by atoms with Gasteiger partial charge in [-0.15, -0.1) is 0 Å². The highest BCUT2D eigenvalue weighted by Gasteiger charge is 2.53. The van der Waals surface area contributed by atoms with Gasteiger partial charge in [-0.25, -0.2) is 0 Å². The van der Waals surface area contributed by atoms with Crippen molar-refractivity contribution in [3.8, 4) is 0 Å². The van der Waals surface area contributed by atoms with Crippen molar-refractivity contribution in [1.29, 1.82) is 0 Å². The van der Waals surface area contributed by atoms with Crippen LogP contribution >= 0.6 is 0 Å². The van der Waals surface area contributed by atoms with Crippen molar-refractivity contribution < 1.29 is 4.79 Å². The van der Waals surface area contributed by atoms with E-state index in [0.717, 1.165) is 29.8 Å². The van der Waals surface area contributed by atoms with Crippen molar-refractivity contribution in [1.82, 2.24) is 4.57 Å². The maximum Gasteiger partial charge on any atom is 0.259 e. The quantitative estimate of drug-likeness (QED) is 0.662. The van der Waals surface area contributed by atoms with Crippen LogP contribution in [0, 0.1) is 0 Å². The molecule has 3 aromatic rings. The Kier molecular flexibility index (Phi) is 2.61. The van der Waals surface area contributed by atoms with E-state index in [1.54, 1.807) is 0 Å². The third kappa shape index (κ3) is 1.45. The first kappa shape index (κ1) is 13.6. The molecule has 118 valence electrons. The minimum Gasteiger partial charge on any atom is -0.345 e. The number of amides is 1. The largest absolute Gasteiger partial charge is 0.345 e. The molecule has 0 fully saturated rings. The van der Waals surface area contributed by atoms with Crippen molar-refractivity contribution in [2.24, 2.45) is 0 Å². The molecular weight excluding hydrogens is 296 g/mol. The van der Waals surface area contributed by atoms with Gasteiger partial charge >= 0.3 is 0 Å². The van der Waals surface area contributed by atoms with Gasteiger partial charge in [-0.3, -0.25) is 9.69 Å². The SMILES string of the molecule is CCC12c3ccccc3C(=O)N1c1ccccc1Cn1cccc12. The first-order chi connectivity index (χ1) is 11.8. The average molecular weight is 314 g/mol. The number of hydrogen-bond acceptors (Lipinski definition) is 1. The fourth-order valence-electron chi connectivity index (χ4n) is 4.52. The van der Waals surface area contributed by atoms with Gasteiger partial charge in [0.15, 0.2) is 0 Å². The highest BCUT2D eigenvalue weighted by atomic mass is 16.2. The molecule has 2 aromatic carbocycles. The van der Waals surface area contributed by atoms with Crippen LogP contribution in [-0.2, 0) is 12.1 Å². The molecule has 0 bridgehead atoms. The fraction of sp³-hybridized carbons (Fsp3) is 0.190. The van der Waals surface area contributed by atoms with Gasteiger partial charge in [0, 0.05) is 24.0 Å². The first-order valence-electron chi connectivity index (χ1n) is 8.45. The van der Waals surface area contributed by atoms with Crippen LogP contribution in [0.3, 0.4) is 0 Å². The van der Waals surface area contributed by atoms with E-state index < -0.39 is 5.54 Å². The first-order valence-corrected chi connectivity index (χ1v) is 8.45. The number of hydrogen-bond donors (Lipinski definition) is 0. The predicted octanol–water partition coefficient (Wildman–Crippen LogP) is 4.16. The third-order valence-corrected chi connectivity index (χ3v) is 5.53. The lowest BCUT2D eigenvalue weighted by Crippen LogP contribution is -2.45. The smallest absolute Gasteiger partial charge is 0.259 e. The Morgan fingerprint density at radius 2 is 1.79 bits per heavy atom. The van der Waals surface area contributed by atoms with E-state index >= 15 is 0 Å². The Hall–Kier alpha value is -2.81. The van der Waals surface area contributed by atoms with Crippen LogP contribution in [0.5, 0.6) is 0 Å². The van der Waals surface area contributed by atoms with E-state index in [1.165, 1.54) is 11.3 Å². The number of benzene rings is 2. The summed E-state index contributed by atoms with van der Waals surface area (Å²) in [6.07, 6.45) is 2.96. The number of anilines is 1. The van der Waals surface area contributed by atoms with Crippen LogP contribution in [-0.4, -0.2) is 10.5 Å². The van der Waals surface area contributed by atoms with E-state index in [-0.39, 0.29) is 5.91 Å². The Morgan fingerprint density at radius 1 is 1.00 bits per heavy atom. The van der Waals surface area contributed by atoms with Crippen molar-refractivity contribution in [3.05, 3.63) is 89.2 Å². The molecule has 1 aromatic heterocycles. The zero-order valence-corrected chi connectivity index (χ0v) is 13.6. The maximum atomic E-state index is 13.4. The summed E-state index contributed by atoms with van der Waals surface area (Å²) in [4.78, 5) is 15.4. The molecule has 1 amide bonds. The molecule has 0 saturated heterocycles. The minimum atomic E-state index is -0.427. The molecule has 3 nitrogen and oxygen atoms in total. The number of fused-ring (bicyclic) bond motifs is 7. The van der Waals surface area contributed by atoms with Gasteiger partial charge in [-0.1, -0.05) is 43.3 Å². The van der Waals surface area contributed by atoms with Crippen molar-refractivity contribution in [3.63, 3.8) is 0 Å². The normalized spacial score (nSPS) is 20.9. The molecule has 5 rings (SSSR count). The maximum absolute atomic E-state index is 13.4. The number of carbonyl (C=O) groups excluding carboxylic acids is 1. The number of para-hydroxylation sites is 1. The van der Waals surface area contributed by atoms with E-state index in [4.69, 9.17) is 0 Å². The molecule has 0 saturated carbocycles. The van der Waals surface area contributed by atoms with Crippen molar-refractivity contribution in [2.75, 3.05) is 4.90 Å². The molecule has 0 spiro atoms. The second-order valence-corrected chi connectivity index (χ2v) is 6.55. The summed E-state index contributed by atoms with van der Waals surface area (Å²) in [7, 11) is 0. The van der Waals surface area contributed by atoms with Crippen LogP contribution in [0.4, 0.5) is 5.69 Å². The predicted molar refractivity (Wildman–Crippen MR) is 94.3 cm³/mol. The van der Waals surface area contributed by atoms with Gasteiger partial charge in [0.25, 0.3) is 5.91 Å². The van der Waals surface area contributed by atoms with E-state index in [0.29, 0.717) is 0 Å². The van der Waals surface area contributed by atoms with Gasteiger partial charge in [-0.2, -0.15) is 0 Å². The average Bonchev–Trinajstić information content (AvgIpc) is 3.14. The number of nitrogens with zero attached hydrogens (tertiary/aromatic N) is 2. The second-order valence-electron chi connectivity index (χ2n) is 6.55. The summed E-state index contributed by atoms with van der Waals surface area (Å²) in [6.45, 7) is 2.97. The van der Waals surface area contributed by atoms with Crippen LogP contribution < -0.4 is 4.90 Å². The van der Waals surface area contributed by atoms with E-state index in [9.17, 15) is 4.79 Å². The lowest BCUT2D eigenvalue weighted by Gasteiger charge is -2.38. The molecule has 0 radical (unpaired) electrons. The standard InChI is InChI=1S/C21H18N2O/c1-2-21-17-10-5-4-9-16(17)20(24)23(21)18-11-6-3-8-15(18)14-22-13-7-12-19(21)22/h3-13H,2,14H2,1H3. The van der Waals surface area contributed by atoms with Gasteiger partial charge in [0.2, 0.25) is 0 Å². The molecule has 1 unspecified atom stereocenters. The summed E-state index contributed by atoms with van der Waals surface area (Å²) in [5.41, 5.74) is 4.93. The van der Waals surface area contributed by atoms with Crippen LogP contribution in [0.2, 0.25) is 0 Å². The van der Waals surface area contributed by atoms with E-state index in [1.807, 2.05) is 29.2 Å². The van der Waals surface area contributed by atoms with E-state index in [2.05, 4.69) is 54.1 Å². The lowest BCUT2D eigenvalue weighted by molar-refractivity contribution is 0.0981. The number of aromatic nitrogens is 1. The Morgan fingerprint density at radius 3 is 2.67 bits per heavy atom. The highest BCUT2D eigenvalue weighted by Crippen LogP contribution is 2.51. The minimum absolute atomic E-state index is 0.106. The molecule has 1 atom stereocenters. The molecule has 0 aliphatic carbocycles. The monoisotopic (exact) mass is 314 g/mol. The summed E-state index contributed by atoms with van der Waals surface area (Å²) < 4.78 is 2.29. The van der Waals surface area contributed by atoms with Crippen LogP contribution in [0.1, 0.15) is 40.5 Å². The highest BCUT2D eigenvalue weighted by molar-refractivity contribution is 6.13. The van der Waals surface area contributed by atoms with Crippen molar-refractivity contribution in [2.45, 2.75) is 25.4 Å². The molecule has 24 heavy (non-hydrogen) atoms. The third-order valence-electron chi connectivity index (χ3n) is 5.53. The van der Waals surface area contributed by atoms with Gasteiger partial charge in [-0.05, 0) is 41.8 Å². The zero-order chi connectivity index (χ0) is 16.3. The molecule has 3 heterocycles. The zero-order valence-electron chi connectivity index (χ0n) is 13.6. The van der Waals surface area contributed by atoms with Gasteiger partial charge in [0.05, 0.1) is 5.69 Å². The number of carbonyl (C=O) groups is 1. The molecule has 0 N–H and O–H groups in total. The summed E-state index contributed by atoms with van der Waals surface area (Å²) in [6, 6.07) is 20.6. The number of rotatable bonds is 1. The van der Waals surface area contributed by atoms with Gasteiger partial charge < -0.3 is 4.57 Å². The van der Waals surface area contributed by atoms with Gasteiger partial charge in [0.1, 0.15) is 5.54 Å². The summed E-state index contributed by atoms with van der Waals surface area (Å²) >= 11 is 0. The topological polar surface area (TPSA) is 25.2 Å². The Labute approximate surface area is 141 Å².